The molecule has 1 fully saturated rings. The number of hydrogen-bond acceptors (Lipinski definition) is 2. The summed E-state index contributed by atoms with van der Waals surface area (Å²) in [4.78, 5) is 14.4. The maximum absolute atomic E-state index is 12.4. The number of anilines is 1. The molecule has 0 bridgehead atoms. The van der Waals surface area contributed by atoms with E-state index >= 15 is 0 Å². The largest absolute Gasteiger partial charge is 0.374 e. The summed E-state index contributed by atoms with van der Waals surface area (Å²) < 4.78 is 0. The minimum Gasteiger partial charge on any atom is -0.374 e. The van der Waals surface area contributed by atoms with Gasteiger partial charge in [0.1, 0.15) is 6.04 Å². The number of amides is 1. The molecule has 1 saturated heterocycles. The van der Waals surface area contributed by atoms with E-state index < -0.39 is 0 Å². The molecule has 1 amide bonds. The van der Waals surface area contributed by atoms with Crippen molar-refractivity contribution in [2.75, 3.05) is 18.4 Å². The highest BCUT2D eigenvalue weighted by Gasteiger charge is 2.21. The number of carbonyl (C=O) groups is 1. The van der Waals surface area contributed by atoms with Crippen molar-refractivity contribution in [3.63, 3.8) is 0 Å². The number of piperidine rings is 1. The number of likely N-dealkylation sites (tertiary alicyclic amines) is 1. The Morgan fingerprint density at radius 2 is 1.85 bits per heavy atom. The Balaban J connectivity index is 1.97. The molecule has 1 aromatic carbocycles. The molecule has 110 valence electrons. The van der Waals surface area contributed by atoms with Gasteiger partial charge in [0.05, 0.1) is 0 Å². The zero-order valence-electron chi connectivity index (χ0n) is 12.9. The van der Waals surface area contributed by atoms with E-state index in [1.54, 1.807) is 0 Å². The van der Waals surface area contributed by atoms with Crippen molar-refractivity contribution in [2.24, 2.45) is 0 Å². The summed E-state index contributed by atoms with van der Waals surface area (Å²) in [5.41, 5.74) is 2.33. The third kappa shape index (κ3) is 3.75. The van der Waals surface area contributed by atoms with Gasteiger partial charge in [0.25, 0.3) is 0 Å². The molecule has 0 saturated carbocycles. The van der Waals surface area contributed by atoms with Crippen molar-refractivity contribution >= 4 is 11.6 Å². The smallest absolute Gasteiger partial charge is 0.244 e. The minimum absolute atomic E-state index is 0.157. The number of benzene rings is 1. The fraction of sp³-hybridized carbons (Fsp3) is 0.588. The van der Waals surface area contributed by atoms with Crippen LogP contribution in [0.5, 0.6) is 0 Å². The predicted molar refractivity (Wildman–Crippen MR) is 84.0 cm³/mol. The molecular weight excluding hydrogens is 248 g/mol. The Labute approximate surface area is 122 Å². The summed E-state index contributed by atoms with van der Waals surface area (Å²) >= 11 is 0. The van der Waals surface area contributed by atoms with Crippen molar-refractivity contribution < 1.29 is 4.79 Å². The van der Waals surface area contributed by atoms with Crippen LogP contribution in [0.2, 0.25) is 0 Å². The van der Waals surface area contributed by atoms with Gasteiger partial charge in [-0.25, -0.2) is 0 Å². The van der Waals surface area contributed by atoms with E-state index in [2.05, 4.69) is 37.4 Å². The first kappa shape index (κ1) is 14.9. The van der Waals surface area contributed by atoms with Gasteiger partial charge in [0, 0.05) is 18.8 Å². The normalized spacial score (nSPS) is 17.1. The van der Waals surface area contributed by atoms with Crippen LogP contribution in [-0.2, 0) is 4.79 Å². The van der Waals surface area contributed by atoms with E-state index in [1.807, 2.05) is 17.9 Å². The molecule has 20 heavy (non-hydrogen) atoms. The molecule has 1 aliphatic rings. The molecule has 0 aromatic heterocycles. The van der Waals surface area contributed by atoms with Gasteiger partial charge in [-0.05, 0) is 49.8 Å². The van der Waals surface area contributed by atoms with Gasteiger partial charge in [-0.2, -0.15) is 0 Å². The lowest BCUT2D eigenvalue weighted by Crippen LogP contribution is -2.43. The van der Waals surface area contributed by atoms with Crippen LogP contribution in [0.15, 0.2) is 24.3 Å². The maximum atomic E-state index is 12.4. The molecule has 0 radical (unpaired) electrons. The van der Waals surface area contributed by atoms with Gasteiger partial charge in [0.15, 0.2) is 0 Å². The monoisotopic (exact) mass is 274 g/mol. The first-order valence-corrected chi connectivity index (χ1v) is 7.73. The first-order valence-electron chi connectivity index (χ1n) is 7.73. The highest BCUT2D eigenvalue weighted by Crippen LogP contribution is 2.19. The Morgan fingerprint density at radius 3 is 2.50 bits per heavy atom. The molecule has 3 heteroatoms. The average molecular weight is 274 g/mol. The Hall–Kier alpha value is -1.51. The van der Waals surface area contributed by atoms with Crippen molar-refractivity contribution in [1.82, 2.24) is 4.90 Å². The van der Waals surface area contributed by atoms with Crippen LogP contribution in [0.3, 0.4) is 0 Å². The third-order valence-electron chi connectivity index (χ3n) is 3.97. The van der Waals surface area contributed by atoms with E-state index in [0.29, 0.717) is 5.92 Å². The van der Waals surface area contributed by atoms with Gasteiger partial charge in [0.2, 0.25) is 5.91 Å². The Bertz CT molecular complexity index is 450. The van der Waals surface area contributed by atoms with Crippen LogP contribution in [0.1, 0.15) is 51.5 Å². The zero-order valence-corrected chi connectivity index (χ0v) is 12.9. The van der Waals surface area contributed by atoms with Gasteiger partial charge in [-0.1, -0.05) is 26.0 Å². The quantitative estimate of drug-likeness (QED) is 0.909. The first-order chi connectivity index (χ1) is 9.58. The third-order valence-corrected chi connectivity index (χ3v) is 3.97. The average Bonchev–Trinajstić information content (AvgIpc) is 2.47. The molecule has 1 heterocycles. The van der Waals surface area contributed by atoms with Crippen LogP contribution in [0, 0.1) is 0 Å². The minimum atomic E-state index is -0.157. The lowest BCUT2D eigenvalue weighted by atomic mass is 10.0. The standard InChI is InChI=1S/C17H26N2O/c1-13(2)15-8-7-9-16(12-15)18-14(3)17(20)19-10-5-4-6-11-19/h7-9,12-14,18H,4-6,10-11H2,1-3H3. The topological polar surface area (TPSA) is 32.3 Å². The Kier molecular flexibility index (Phi) is 5.05. The summed E-state index contributed by atoms with van der Waals surface area (Å²) in [5.74, 6) is 0.726. The summed E-state index contributed by atoms with van der Waals surface area (Å²) in [6.45, 7) is 8.15. The summed E-state index contributed by atoms with van der Waals surface area (Å²) in [7, 11) is 0. The van der Waals surface area contributed by atoms with Crippen molar-refractivity contribution in [3.05, 3.63) is 29.8 Å². The molecular formula is C17H26N2O. The van der Waals surface area contributed by atoms with E-state index in [-0.39, 0.29) is 11.9 Å². The number of nitrogens with one attached hydrogen (secondary N) is 1. The highest BCUT2D eigenvalue weighted by atomic mass is 16.2. The number of nitrogens with zero attached hydrogens (tertiary/aromatic N) is 1. The van der Waals surface area contributed by atoms with Gasteiger partial charge < -0.3 is 10.2 Å². The van der Waals surface area contributed by atoms with Crippen LogP contribution in [0.25, 0.3) is 0 Å². The Morgan fingerprint density at radius 1 is 1.15 bits per heavy atom. The van der Waals surface area contributed by atoms with E-state index in [0.717, 1.165) is 31.6 Å². The van der Waals surface area contributed by atoms with Gasteiger partial charge >= 0.3 is 0 Å². The van der Waals surface area contributed by atoms with Crippen LogP contribution in [0.4, 0.5) is 5.69 Å². The van der Waals surface area contributed by atoms with E-state index in [9.17, 15) is 4.79 Å². The predicted octanol–water partition coefficient (Wildman–Crippen LogP) is 3.62. The summed E-state index contributed by atoms with van der Waals surface area (Å²) in [5, 5.41) is 3.34. The molecule has 1 atom stereocenters. The molecule has 1 aromatic rings. The van der Waals surface area contributed by atoms with Crippen molar-refractivity contribution in [2.45, 2.75) is 52.0 Å². The van der Waals surface area contributed by atoms with E-state index in [4.69, 9.17) is 0 Å². The molecule has 3 nitrogen and oxygen atoms in total. The number of rotatable bonds is 4. The molecule has 2 rings (SSSR count). The lowest BCUT2D eigenvalue weighted by molar-refractivity contribution is -0.132. The maximum Gasteiger partial charge on any atom is 0.244 e. The fourth-order valence-corrected chi connectivity index (χ4v) is 2.69. The van der Waals surface area contributed by atoms with Crippen molar-refractivity contribution in [3.8, 4) is 0 Å². The molecule has 0 aliphatic carbocycles. The van der Waals surface area contributed by atoms with Gasteiger partial charge in [-0.15, -0.1) is 0 Å². The summed E-state index contributed by atoms with van der Waals surface area (Å²) in [6.07, 6.45) is 3.53. The highest BCUT2D eigenvalue weighted by molar-refractivity contribution is 5.84. The second-order valence-electron chi connectivity index (χ2n) is 6.03. The fourth-order valence-electron chi connectivity index (χ4n) is 2.69. The molecule has 0 spiro atoms. The van der Waals surface area contributed by atoms with Crippen LogP contribution < -0.4 is 5.32 Å². The van der Waals surface area contributed by atoms with Gasteiger partial charge in [-0.3, -0.25) is 4.79 Å². The second kappa shape index (κ2) is 6.78. The molecule has 1 unspecified atom stereocenters. The van der Waals surface area contributed by atoms with E-state index in [1.165, 1.54) is 12.0 Å². The SMILES string of the molecule is CC(Nc1cccc(C(C)C)c1)C(=O)N1CCCCC1. The zero-order chi connectivity index (χ0) is 14.5. The molecule has 1 aliphatic heterocycles. The number of hydrogen-bond donors (Lipinski definition) is 1. The summed E-state index contributed by atoms with van der Waals surface area (Å²) in [6, 6.07) is 8.20. The van der Waals surface area contributed by atoms with Crippen molar-refractivity contribution in [1.29, 1.82) is 0 Å². The lowest BCUT2D eigenvalue weighted by Gasteiger charge is -2.29. The molecule has 1 N–H and O–H groups in total. The van der Waals surface area contributed by atoms with Crippen LogP contribution >= 0.6 is 0 Å². The number of carbonyl (C=O) groups excluding carboxylic acids is 1. The second-order valence-corrected chi connectivity index (χ2v) is 6.03. The van der Waals surface area contributed by atoms with Crippen LogP contribution in [-0.4, -0.2) is 29.9 Å².